The van der Waals surface area contributed by atoms with Crippen LogP contribution in [-0.2, 0) is 16.2 Å². The van der Waals surface area contributed by atoms with Crippen molar-refractivity contribution < 1.29 is 19.1 Å². The number of methoxy groups -OCH3 is 1. The Morgan fingerprint density at radius 2 is 1.50 bits per heavy atom. The number of nitrogens with one attached hydrogen (secondary N) is 2. The van der Waals surface area contributed by atoms with Crippen LogP contribution in [0.5, 0.6) is 11.5 Å². The Bertz CT molecular complexity index is 1070. The molecule has 7 nitrogen and oxygen atoms in total. The summed E-state index contributed by atoms with van der Waals surface area (Å²) in [4.78, 5) is 24.2. The molecule has 0 aromatic heterocycles. The first-order valence-electron chi connectivity index (χ1n) is 10.2. The van der Waals surface area contributed by atoms with Gasteiger partial charge in [-0.3, -0.25) is 9.59 Å². The highest BCUT2D eigenvalue weighted by Crippen LogP contribution is 2.23. The molecule has 0 spiro atoms. The van der Waals surface area contributed by atoms with Gasteiger partial charge in [-0.25, -0.2) is 5.43 Å². The lowest BCUT2D eigenvalue weighted by Gasteiger charge is -2.09. The normalized spacial score (nSPS) is 10.5. The minimum atomic E-state index is -0.362. The fourth-order valence-corrected chi connectivity index (χ4v) is 2.87. The molecule has 3 aromatic carbocycles. The van der Waals surface area contributed by atoms with E-state index < -0.39 is 0 Å². The SMILES string of the molecule is COc1ccccc1NC(=O)CCC(=O)NN=Cc1ccccc1OCc1ccccc1. The highest BCUT2D eigenvalue weighted by Gasteiger charge is 2.09. The molecule has 0 saturated carbocycles. The third-order valence-electron chi connectivity index (χ3n) is 4.51. The zero-order valence-corrected chi connectivity index (χ0v) is 17.8. The molecule has 2 N–H and O–H groups in total. The van der Waals surface area contributed by atoms with Gasteiger partial charge in [-0.1, -0.05) is 54.6 Å². The summed E-state index contributed by atoms with van der Waals surface area (Å²) in [6.45, 7) is 0.430. The van der Waals surface area contributed by atoms with Crippen molar-refractivity contribution in [2.45, 2.75) is 19.4 Å². The van der Waals surface area contributed by atoms with E-state index in [0.29, 0.717) is 23.8 Å². The Hall–Kier alpha value is -4.13. The van der Waals surface area contributed by atoms with Crippen LogP contribution in [0.1, 0.15) is 24.0 Å². The van der Waals surface area contributed by atoms with Gasteiger partial charge in [-0.2, -0.15) is 5.10 Å². The Morgan fingerprint density at radius 1 is 0.844 bits per heavy atom. The highest BCUT2D eigenvalue weighted by atomic mass is 16.5. The van der Waals surface area contributed by atoms with E-state index in [1.54, 1.807) is 18.2 Å². The molecule has 164 valence electrons. The van der Waals surface area contributed by atoms with Crippen LogP contribution in [0.15, 0.2) is 84.0 Å². The summed E-state index contributed by atoms with van der Waals surface area (Å²) in [7, 11) is 1.53. The van der Waals surface area contributed by atoms with Crippen LogP contribution < -0.4 is 20.2 Å². The zero-order valence-electron chi connectivity index (χ0n) is 17.8. The van der Waals surface area contributed by atoms with Crippen molar-refractivity contribution in [2.75, 3.05) is 12.4 Å². The van der Waals surface area contributed by atoms with Gasteiger partial charge in [0.05, 0.1) is 19.0 Å². The van der Waals surface area contributed by atoms with Crippen LogP contribution in [0, 0.1) is 0 Å². The molecule has 0 fully saturated rings. The molecule has 0 saturated heterocycles. The smallest absolute Gasteiger partial charge is 0.240 e. The minimum absolute atomic E-state index is 0.00444. The standard InChI is InChI=1S/C25H25N3O4/c1-31-23-14-8-6-12-21(23)27-24(29)15-16-25(30)28-26-17-20-11-5-7-13-22(20)32-18-19-9-3-2-4-10-19/h2-14,17H,15-16,18H2,1H3,(H,27,29)(H,28,30). The van der Waals surface area contributed by atoms with E-state index in [9.17, 15) is 9.59 Å². The fraction of sp³-hybridized carbons (Fsp3) is 0.160. The van der Waals surface area contributed by atoms with Gasteiger partial charge < -0.3 is 14.8 Å². The van der Waals surface area contributed by atoms with E-state index in [-0.39, 0.29) is 24.7 Å². The van der Waals surface area contributed by atoms with Crippen molar-refractivity contribution in [3.8, 4) is 11.5 Å². The molecule has 3 aromatic rings. The van der Waals surface area contributed by atoms with Gasteiger partial charge in [0.25, 0.3) is 0 Å². The first-order chi connectivity index (χ1) is 15.7. The monoisotopic (exact) mass is 431 g/mol. The number of hydrogen-bond acceptors (Lipinski definition) is 5. The van der Waals surface area contributed by atoms with Gasteiger partial charge in [-0.05, 0) is 29.8 Å². The molecule has 2 amide bonds. The van der Waals surface area contributed by atoms with Crippen molar-refractivity contribution in [3.63, 3.8) is 0 Å². The number of rotatable bonds is 10. The summed E-state index contributed by atoms with van der Waals surface area (Å²) in [5.74, 6) is 0.570. The maximum atomic E-state index is 12.1. The van der Waals surface area contributed by atoms with Gasteiger partial charge >= 0.3 is 0 Å². The van der Waals surface area contributed by atoms with Gasteiger partial charge in [-0.15, -0.1) is 0 Å². The number of carbonyl (C=O) groups is 2. The molecule has 0 aliphatic rings. The summed E-state index contributed by atoms with van der Waals surface area (Å²) in [5.41, 5.74) is 4.79. The molecule has 0 radical (unpaired) electrons. The van der Waals surface area contributed by atoms with E-state index in [2.05, 4.69) is 15.8 Å². The second kappa shape index (κ2) is 11.9. The molecule has 0 bridgehead atoms. The average Bonchev–Trinajstić information content (AvgIpc) is 2.83. The Kier molecular flexibility index (Phi) is 8.39. The molecule has 0 aliphatic carbocycles. The topological polar surface area (TPSA) is 89.0 Å². The highest BCUT2D eigenvalue weighted by molar-refractivity contribution is 5.94. The lowest BCUT2D eigenvalue weighted by molar-refractivity contribution is -0.124. The number of benzene rings is 3. The number of hydrazone groups is 1. The number of para-hydroxylation sites is 3. The number of hydrogen-bond donors (Lipinski definition) is 2. The van der Waals surface area contributed by atoms with Crippen LogP contribution in [0.25, 0.3) is 0 Å². The summed E-state index contributed by atoms with van der Waals surface area (Å²) in [6, 6.07) is 24.3. The lowest BCUT2D eigenvalue weighted by atomic mass is 10.2. The quantitative estimate of drug-likeness (QED) is 0.373. The summed E-state index contributed by atoms with van der Waals surface area (Å²) in [5, 5.41) is 6.73. The Balaban J connectivity index is 1.46. The molecular weight excluding hydrogens is 406 g/mol. The third-order valence-corrected chi connectivity index (χ3v) is 4.51. The molecule has 0 heterocycles. The summed E-state index contributed by atoms with van der Waals surface area (Å²) in [6.07, 6.45) is 1.55. The molecular formula is C25H25N3O4. The number of nitrogens with zero attached hydrogens (tertiary/aromatic N) is 1. The second-order valence-electron chi connectivity index (χ2n) is 6.85. The minimum Gasteiger partial charge on any atom is -0.495 e. The maximum absolute atomic E-state index is 12.1. The number of amides is 2. The molecule has 0 atom stereocenters. The van der Waals surface area contributed by atoms with Crippen LogP contribution in [0.4, 0.5) is 5.69 Å². The maximum Gasteiger partial charge on any atom is 0.240 e. The first kappa shape index (κ1) is 22.6. The zero-order chi connectivity index (χ0) is 22.6. The van der Waals surface area contributed by atoms with E-state index in [1.807, 2.05) is 60.7 Å². The number of ether oxygens (including phenoxy) is 2. The van der Waals surface area contributed by atoms with Crippen molar-refractivity contribution in [2.24, 2.45) is 5.10 Å². The largest absolute Gasteiger partial charge is 0.495 e. The van der Waals surface area contributed by atoms with Gasteiger partial charge in [0.2, 0.25) is 11.8 Å². The van der Waals surface area contributed by atoms with E-state index >= 15 is 0 Å². The van der Waals surface area contributed by atoms with E-state index in [0.717, 1.165) is 11.1 Å². The Morgan fingerprint density at radius 3 is 2.28 bits per heavy atom. The second-order valence-corrected chi connectivity index (χ2v) is 6.85. The van der Waals surface area contributed by atoms with Crippen molar-refractivity contribution in [1.29, 1.82) is 0 Å². The molecule has 3 rings (SSSR count). The molecule has 32 heavy (non-hydrogen) atoms. The van der Waals surface area contributed by atoms with Gasteiger partial charge in [0, 0.05) is 18.4 Å². The third kappa shape index (κ3) is 6.98. The average molecular weight is 431 g/mol. The molecule has 0 unspecified atom stereocenters. The van der Waals surface area contributed by atoms with E-state index in [4.69, 9.17) is 9.47 Å². The van der Waals surface area contributed by atoms with Crippen LogP contribution >= 0.6 is 0 Å². The van der Waals surface area contributed by atoms with Crippen LogP contribution in [-0.4, -0.2) is 25.1 Å². The fourth-order valence-electron chi connectivity index (χ4n) is 2.87. The van der Waals surface area contributed by atoms with Crippen molar-refractivity contribution in [3.05, 3.63) is 90.0 Å². The van der Waals surface area contributed by atoms with Crippen molar-refractivity contribution >= 4 is 23.7 Å². The Labute approximate surface area is 187 Å². The van der Waals surface area contributed by atoms with E-state index in [1.165, 1.54) is 13.3 Å². The first-order valence-corrected chi connectivity index (χ1v) is 10.2. The lowest BCUT2D eigenvalue weighted by Crippen LogP contribution is -2.20. The number of anilines is 1. The van der Waals surface area contributed by atoms with Gasteiger partial charge in [0.1, 0.15) is 18.1 Å². The predicted octanol–water partition coefficient (Wildman–Crippen LogP) is 4.14. The summed E-state index contributed by atoms with van der Waals surface area (Å²) >= 11 is 0. The predicted molar refractivity (Wildman–Crippen MR) is 124 cm³/mol. The van der Waals surface area contributed by atoms with Crippen LogP contribution in [0.2, 0.25) is 0 Å². The molecule has 7 heteroatoms. The van der Waals surface area contributed by atoms with Gasteiger partial charge in [0.15, 0.2) is 0 Å². The molecule has 0 aliphatic heterocycles. The van der Waals surface area contributed by atoms with Crippen molar-refractivity contribution in [1.82, 2.24) is 5.43 Å². The number of carbonyl (C=O) groups excluding carboxylic acids is 2. The summed E-state index contributed by atoms with van der Waals surface area (Å²) < 4.78 is 11.1. The van der Waals surface area contributed by atoms with Crippen LogP contribution in [0.3, 0.4) is 0 Å².